The van der Waals surface area contributed by atoms with Gasteiger partial charge in [0.2, 0.25) is 0 Å². The third-order valence-electron chi connectivity index (χ3n) is 5.05. The highest BCUT2D eigenvalue weighted by Crippen LogP contribution is 2.29. The van der Waals surface area contributed by atoms with Crippen molar-refractivity contribution in [2.45, 2.75) is 18.9 Å². The van der Waals surface area contributed by atoms with E-state index in [9.17, 15) is 4.79 Å². The van der Waals surface area contributed by atoms with Crippen LogP contribution in [0.3, 0.4) is 0 Å². The first kappa shape index (κ1) is 19.1. The second kappa shape index (κ2) is 9.30. The van der Waals surface area contributed by atoms with Crippen molar-refractivity contribution in [2.24, 2.45) is 5.92 Å². The number of rotatable bonds is 7. The summed E-state index contributed by atoms with van der Waals surface area (Å²) >= 11 is 0. The van der Waals surface area contributed by atoms with Gasteiger partial charge in [0.25, 0.3) is 5.91 Å². The summed E-state index contributed by atoms with van der Waals surface area (Å²) in [5, 5.41) is 14.6. The third-order valence-corrected chi connectivity index (χ3v) is 5.05. The van der Waals surface area contributed by atoms with Crippen molar-refractivity contribution in [3.05, 3.63) is 84.1 Å². The smallest absolute Gasteiger partial charge is 0.276 e. The lowest BCUT2D eigenvalue weighted by Crippen LogP contribution is -2.18. The summed E-state index contributed by atoms with van der Waals surface area (Å²) in [5.41, 5.74) is 2.20. The maximum Gasteiger partial charge on any atom is 0.276 e. The van der Waals surface area contributed by atoms with Gasteiger partial charge < -0.3 is 15.4 Å². The molecule has 2 aromatic carbocycles. The minimum atomic E-state index is -0.280. The molecule has 2 unspecified atom stereocenters. The van der Waals surface area contributed by atoms with Gasteiger partial charge in [0.05, 0.1) is 6.04 Å². The first-order valence-corrected chi connectivity index (χ1v) is 9.87. The molecular weight excluding hydrogens is 364 g/mol. The fourth-order valence-electron chi connectivity index (χ4n) is 3.49. The second-order valence-corrected chi connectivity index (χ2v) is 7.20. The molecule has 4 rings (SSSR count). The predicted octanol–water partition coefficient (Wildman–Crippen LogP) is 4.31. The molecule has 6 heteroatoms. The number of nitrogens with zero attached hydrogens (tertiary/aromatic N) is 2. The van der Waals surface area contributed by atoms with Gasteiger partial charge in [0, 0.05) is 18.9 Å². The van der Waals surface area contributed by atoms with E-state index in [4.69, 9.17) is 4.74 Å². The number of ether oxygens (including phenoxy) is 1. The molecule has 1 aliphatic heterocycles. The molecule has 1 amide bonds. The average Bonchev–Trinajstić information content (AvgIpc) is 3.28. The summed E-state index contributed by atoms with van der Waals surface area (Å²) in [4.78, 5) is 12.4. The molecule has 0 spiro atoms. The monoisotopic (exact) mass is 388 g/mol. The molecule has 2 N–H and O–H groups in total. The van der Waals surface area contributed by atoms with Crippen molar-refractivity contribution in [3.63, 3.8) is 0 Å². The first-order chi connectivity index (χ1) is 14.3. The van der Waals surface area contributed by atoms with E-state index < -0.39 is 0 Å². The predicted molar refractivity (Wildman–Crippen MR) is 113 cm³/mol. The van der Waals surface area contributed by atoms with Crippen LogP contribution in [0.25, 0.3) is 0 Å². The maximum absolute atomic E-state index is 12.4. The lowest BCUT2D eigenvalue weighted by atomic mass is 9.94. The Morgan fingerprint density at radius 3 is 2.41 bits per heavy atom. The van der Waals surface area contributed by atoms with Gasteiger partial charge in [0.1, 0.15) is 5.82 Å². The Morgan fingerprint density at radius 1 is 1.00 bits per heavy atom. The van der Waals surface area contributed by atoms with Crippen molar-refractivity contribution in [2.75, 3.05) is 23.8 Å². The summed E-state index contributed by atoms with van der Waals surface area (Å²) < 4.78 is 5.53. The minimum Gasteiger partial charge on any atom is -0.381 e. The number of carbonyl (C=O) groups is 1. The van der Waals surface area contributed by atoms with Crippen LogP contribution in [0.1, 0.15) is 34.9 Å². The highest BCUT2D eigenvalue weighted by molar-refractivity contribution is 6.02. The van der Waals surface area contributed by atoms with Crippen LogP contribution < -0.4 is 10.6 Å². The van der Waals surface area contributed by atoms with Gasteiger partial charge >= 0.3 is 0 Å². The molecule has 0 aliphatic carbocycles. The fraction of sp³-hybridized carbons (Fsp3) is 0.261. The quantitative estimate of drug-likeness (QED) is 0.631. The van der Waals surface area contributed by atoms with E-state index >= 15 is 0 Å². The molecule has 6 nitrogen and oxygen atoms in total. The number of hydrogen-bond acceptors (Lipinski definition) is 5. The molecule has 29 heavy (non-hydrogen) atoms. The van der Waals surface area contributed by atoms with Crippen molar-refractivity contribution >= 4 is 17.4 Å². The lowest BCUT2D eigenvalue weighted by Gasteiger charge is -2.22. The average molecular weight is 388 g/mol. The molecule has 1 aromatic heterocycles. The van der Waals surface area contributed by atoms with Gasteiger partial charge in [-0.2, -0.15) is 0 Å². The highest BCUT2D eigenvalue weighted by atomic mass is 16.5. The number of para-hydroxylation sites is 1. The molecule has 2 atom stereocenters. The van der Waals surface area contributed by atoms with Crippen LogP contribution in [0.5, 0.6) is 0 Å². The van der Waals surface area contributed by atoms with Gasteiger partial charge in [0.15, 0.2) is 5.69 Å². The minimum absolute atomic E-state index is 0.112. The number of benzene rings is 2. The van der Waals surface area contributed by atoms with E-state index in [1.807, 2.05) is 48.5 Å². The Morgan fingerprint density at radius 2 is 1.76 bits per heavy atom. The van der Waals surface area contributed by atoms with E-state index in [0.717, 1.165) is 31.7 Å². The van der Waals surface area contributed by atoms with Crippen molar-refractivity contribution in [3.8, 4) is 0 Å². The number of hydrogen-bond donors (Lipinski definition) is 2. The SMILES string of the molecule is O=C(Nc1ccccc1)c1ccc(NC(CC2CCOC2)c2ccccc2)nn1. The van der Waals surface area contributed by atoms with Crippen LogP contribution in [0.2, 0.25) is 0 Å². The third kappa shape index (κ3) is 5.18. The van der Waals surface area contributed by atoms with Gasteiger partial charge in [-0.25, -0.2) is 0 Å². The van der Waals surface area contributed by atoms with Crippen molar-refractivity contribution in [1.29, 1.82) is 0 Å². The number of aromatic nitrogens is 2. The van der Waals surface area contributed by atoms with Gasteiger partial charge in [-0.3, -0.25) is 4.79 Å². The number of carbonyl (C=O) groups excluding carboxylic acids is 1. The van der Waals surface area contributed by atoms with Crippen LogP contribution in [0, 0.1) is 5.92 Å². The molecule has 0 bridgehead atoms. The van der Waals surface area contributed by atoms with Crippen LogP contribution in [-0.2, 0) is 4.74 Å². The Balaban J connectivity index is 1.44. The molecule has 1 aliphatic rings. The van der Waals surface area contributed by atoms with E-state index in [1.165, 1.54) is 5.56 Å². The van der Waals surface area contributed by atoms with Crippen LogP contribution in [-0.4, -0.2) is 29.3 Å². The Bertz CT molecular complexity index is 911. The van der Waals surface area contributed by atoms with E-state index in [1.54, 1.807) is 12.1 Å². The molecule has 3 aromatic rings. The van der Waals surface area contributed by atoms with Crippen LogP contribution in [0.15, 0.2) is 72.8 Å². The molecule has 2 heterocycles. The van der Waals surface area contributed by atoms with E-state index in [-0.39, 0.29) is 17.6 Å². The zero-order valence-corrected chi connectivity index (χ0v) is 16.1. The van der Waals surface area contributed by atoms with Gasteiger partial charge in [-0.05, 0) is 48.6 Å². The standard InChI is InChI=1S/C23H24N4O2/c28-23(24-19-9-5-2-6-10-19)20-11-12-22(27-26-20)25-21(15-17-13-14-29-16-17)18-7-3-1-4-8-18/h1-12,17,21H,13-16H2,(H,24,28)(H,25,27). The first-order valence-electron chi connectivity index (χ1n) is 9.87. The maximum atomic E-state index is 12.4. The molecule has 0 saturated carbocycles. The normalized spacial score (nSPS) is 16.9. The van der Waals surface area contributed by atoms with Crippen molar-refractivity contribution in [1.82, 2.24) is 10.2 Å². The van der Waals surface area contributed by atoms with E-state index in [0.29, 0.717) is 11.7 Å². The van der Waals surface area contributed by atoms with Gasteiger partial charge in [-0.15, -0.1) is 10.2 Å². The van der Waals surface area contributed by atoms with E-state index in [2.05, 4.69) is 33.0 Å². The Kier molecular flexibility index (Phi) is 6.12. The van der Waals surface area contributed by atoms with Gasteiger partial charge in [-0.1, -0.05) is 48.5 Å². The number of nitrogens with one attached hydrogen (secondary N) is 2. The zero-order valence-electron chi connectivity index (χ0n) is 16.1. The molecule has 1 saturated heterocycles. The van der Waals surface area contributed by atoms with Crippen LogP contribution in [0.4, 0.5) is 11.5 Å². The van der Waals surface area contributed by atoms with Crippen LogP contribution >= 0.6 is 0 Å². The largest absolute Gasteiger partial charge is 0.381 e. The summed E-state index contributed by atoms with van der Waals surface area (Å²) in [5.74, 6) is 0.892. The molecule has 148 valence electrons. The fourth-order valence-corrected chi connectivity index (χ4v) is 3.49. The summed E-state index contributed by atoms with van der Waals surface area (Å²) in [7, 11) is 0. The highest BCUT2D eigenvalue weighted by Gasteiger charge is 2.22. The molecular formula is C23H24N4O2. The Hall–Kier alpha value is -3.25. The second-order valence-electron chi connectivity index (χ2n) is 7.20. The van der Waals surface area contributed by atoms with Crippen molar-refractivity contribution < 1.29 is 9.53 Å². The number of anilines is 2. The Labute approximate surface area is 170 Å². The molecule has 0 radical (unpaired) electrons. The zero-order chi connectivity index (χ0) is 19.9. The number of amides is 1. The molecule has 1 fully saturated rings. The summed E-state index contributed by atoms with van der Waals surface area (Å²) in [6, 6.07) is 23.2. The topological polar surface area (TPSA) is 76.1 Å². The lowest BCUT2D eigenvalue weighted by molar-refractivity contribution is 0.102. The summed E-state index contributed by atoms with van der Waals surface area (Å²) in [6.45, 7) is 1.63. The summed E-state index contributed by atoms with van der Waals surface area (Å²) in [6.07, 6.45) is 2.04.